The van der Waals surface area contributed by atoms with E-state index in [1.54, 1.807) is 24.9 Å². The van der Waals surface area contributed by atoms with E-state index in [1.807, 2.05) is 17.8 Å². The van der Waals surface area contributed by atoms with Gasteiger partial charge in [-0.3, -0.25) is 0 Å². The van der Waals surface area contributed by atoms with Crippen LogP contribution in [-0.2, 0) is 5.75 Å². The quantitative estimate of drug-likeness (QED) is 0.904. The van der Waals surface area contributed by atoms with E-state index in [4.69, 9.17) is 9.47 Å². The standard InChI is InChI=1S/C16H16O3S2/c1-18-13-8-11(7-12(17)15(13)19-2)16-20-9-10-5-3-4-6-14(10)21-16/h3-8,16-17H,9H2,1-2H3. The van der Waals surface area contributed by atoms with Crippen molar-refractivity contribution in [1.82, 2.24) is 0 Å². The van der Waals surface area contributed by atoms with Crippen molar-refractivity contribution < 1.29 is 14.6 Å². The predicted octanol–water partition coefficient (Wildman–Crippen LogP) is 4.45. The van der Waals surface area contributed by atoms with E-state index >= 15 is 0 Å². The largest absolute Gasteiger partial charge is 0.504 e. The molecule has 1 N–H and O–H groups in total. The number of methoxy groups -OCH3 is 2. The van der Waals surface area contributed by atoms with Crippen LogP contribution in [0.2, 0.25) is 0 Å². The SMILES string of the molecule is COc1cc(C2SCc3ccccc3S2)cc(O)c1OC. The van der Waals surface area contributed by atoms with E-state index in [2.05, 4.69) is 24.3 Å². The number of phenols is 1. The van der Waals surface area contributed by atoms with E-state index in [0.29, 0.717) is 11.5 Å². The van der Waals surface area contributed by atoms with E-state index in [-0.39, 0.29) is 10.3 Å². The molecule has 3 rings (SSSR count). The van der Waals surface area contributed by atoms with Crippen LogP contribution in [-0.4, -0.2) is 19.3 Å². The van der Waals surface area contributed by atoms with Crippen LogP contribution >= 0.6 is 23.5 Å². The summed E-state index contributed by atoms with van der Waals surface area (Å²) in [5, 5.41) is 10.1. The molecule has 0 radical (unpaired) electrons. The first-order valence-electron chi connectivity index (χ1n) is 6.54. The normalized spacial score (nSPS) is 17.1. The second kappa shape index (κ2) is 6.12. The van der Waals surface area contributed by atoms with Crippen molar-refractivity contribution in [2.75, 3.05) is 14.2 Å². The van der Waals surface area contributed by atoms with Crippen LogP contribution in [0, 0.1) is 0 Å². The Morgan fingerprint density at radius 3 is 2.71 bits per heavy atom. The van der Waals surface area contributed by atoms with Crippen LogP contribution < -0.4 is 9.47 Å². The van der Waals surface area contributed by atoms with Gasteiger partial charge in [-0.25, -0.2) is 0 Å². The Kier molecular flexibility index (Phi) is 4.22. The summed E-state index contributed by atoms with van der Waals surface area (Å²) in [6.07, 6.45) is 0. The molecule has 1 aliphatic heterocycles. The van der Waals surface area contributed by atoms with Gasteiger partial charge in [-0.1, -0.05) is 18.2 Å². The van der Waals surface area contributed by atoms with Gasteiger partial charge in [-0.15, -0.1) is 23.5 Å². The molecular formula is C16H16O3S2. The number of rotatable bonds is 3. The number of phenolic OH excluding ortho intramolecular Hbond substituents is 1. The van der Waals surface area contributed by atoms with Gasteiger partial charge < -0.3 is 14.6 Å². The van der Waals surface area contributed by atoms with Gasteiger partial charge in [-0.05, 0) is 29.3 Å². The molecule has 21 heavy (non-hydrogen) atoms. The second-order valence-corrected chi connectivity index (χ2v) is 7.18. The van der Waals surface area contributed by atoms with E-state index in [9.17, 15) is 5.11 Å². The highest BCUT2D eigenvalue weighted by Gasteiger charge is 2.23. The lowest BCUT2D eigenvalue weighted by molar-refractivity contribution is 0.332. The van der Waals surface area contributed by atoms with Crippen LogP contribution in [0.5, 0.6) is 17.2 Å². The zero-order valence-electron chi connectivity index (χ0n) is 11.8. The summed E-state index contributed by atoms with van der Waals surface area (Å²) >= 11 is 3.66. The van der Waals surface area contributed by atoms with E-state index in [0.717, 1.165) is 11.3 Å². The Labute approximate surface area is 132 Å². The van der Waals surface area contributed by atoms with E-state index < -0.39 is 0 Å². The smallest absolute Gasteiger partial charge is 0.203 e. The van der Waals surface area contributed by atoms with Crippen molar-refractivity contribution in [1.29, 1.82) is 0 Å². The summed E-state index contributed by atoms with van der Waals surface area (Å²) in [6, 6.07) is 12.1. The van der Waals surface area contributed by atoms with Crippen molar-refractivity contribution in [3.8, 4) is 17.2 Å². The molecule has 0 amide bonds. The number of hydrogen-bond donors (Lipinski definition) is 1. The maximum atomic E-state index is 10.1. The molecule has 0 fully saturated rings. The lowest BCUT2D eigenvalue weighted by Crippen LogP contribution is -2.00. The molecule has 1 atom stereocenters. The summed E-state index contributed by atoms with van der Waals surface area (Å²) in [5.41, 5.74) is 2.41. The van der Waals surface area contributed by atoms with Crippen LogP contribution in [0.4, 0.5) is 0 Å². The van der Waals surface area contributed by atoms with Gasteiger partial charge in [0.2, 0.25) is 5.75 Å². The first-order valence-corrected chi connectivity index (χ1v) is 8.47. The number of fused-ring (bicyclic) bond motifs is 1. The molecule has 0 aromatic heterocycles. The zero-order chi connectivity index (χ0) is 14.8. The molecule has 5 heteroatoms. The monoisotopic (exact) mass is 320 g/mol. The maximum absolute atomic E-state index is 10.1. The Bertz CT molecular complexity index is 658. The van der Waals surface area contributed by atoms with Gasteiger partial charge in [0.1, 0.15) is 0 Å². The maximum Gasteiger partial charge on any atom is 0.203 e. The van der Waals surface area contributed by atoms with Crippen LogP contribution in [0.1, 0.15) is 15.7 Å². The van der Waals surface area contributed by atoms with Gasteiger partial charge in [0.15, 0.2) is 11.5 Å². The molecule has 1 heterocycles. The Morgan fingerprint density at radius 1 is 1.14 bits per heavy atom. The number of hydrogen-bond acceptors (Lipinski definition) is 5. The number of ether oxygens (including phenoxy) is 2. The highest BCUT2D eigenvalue weighted by atomic mass is 32.2. The Balaban J connectivity index is 1.93. The molecule has 0 saturated carbocycles. The third kappa shape index (κ3) is 2.80. The highest BCUT2D eigenvalue weighted by Crippen LogP contribution is 2.52. The fourth-order valence-corrected chi connectivity index (χ4v) is 5.06. The molecule has 2 aromatic carbocycles. The molecule has 1 aliphatic rings. The summed E-state index contributed by atoms with van der Waals surface area (Å²) in [6.45, 7) is 0. The summed E-state index contributed by atoms with van der Waals surface area (Å²) in [5.74, 6) is 2.04. The zero-order valence-corrected chi connectivity index (χ0v) is 13.5. The number of thioether (sulfide) groups is 2. The van der Waals surface area contributed by atoms with Crippen molar-refractivity contribution in [3.63, 3.8) is 0 Å². The van der Waals surface area contributed by atoms with Crippen molar-refractivity contribution >= 4 is 23.5 Å². The molecule has 0 spiro atoms. The van der Waals surface area contributed by atoms with Gasteiger partial charge >= 0.3 is 0 Å². The molecule has 1 unspecified atom stereocenters. The molecule has 3 nitrogen and oxygen atoms in total. The average molecular weight is 320 g/mol. The predicted molar refractivity (Wildman–Crippen MR) is 87.5 cm³/mol. The van der Waals surface area contributed by atoms with Gasteiger partial charge in [0.25, 0.3) is 0 Å². The highest BCUT2D eigenvalue weighted by molar-refractivity contribution is 8.16. The number of aromatic hydroxyl groups is 1. The summed E-state index contributed by atoms with van der Waals surface area (Å²) in [4.78, 5) is 1.30. The first-order chi connectivity index (χ1) is 10.2. The van der Waals surface area contributed by atoms with E-state index in [1.165, 1.54) is 17.6 Å². The fourth-order valence-electron chi connectivity index (χ4n) is 2.32. The third-order valence-electron chi connectivity index (χ3n) is 3.35. The van der Waals surface area contributed by atoms with Crippen molar-refractivity contribution in [2.45, 2.75) is 15.2 Å². The van der Waals surface area contributed by atoms with Gasteiger partial charge in [0, 0.05) is 10.6 Å². The van der Waals surface area contributed by atoms with Gasteiger partial charge in [-0.2, -0.15) is 0 Å². The van der Waals surface area contributed by atoms with Crippen LogP contribution in [0.15, 0.2) is 41.3 Å². The fraction of sp³-hybridized carbons (Fsp3) is 0.250. The van der Waals surface area contributed by atoms with Crippen LogP contribution in [0.3, 0.4) is 0 Å². The minimum atomic E-state index is 0.118. The molecule has 0 aliphatic carbocycles. The van der Waals surface area contributed by atoms with Crippen molar-refractivity contribution in [2.24, 2.45) is 0 Å². The lowest BCUT2D eigenvalue weighted by Gasteiger charge is -2.24. The molecule has 110 valence electrons. The molecule has 0 saturated heterocycles. The molecule has 2 aromatic rings. The first kappa shape index (κ1) is 14.5. The lowest BCUT2D eigenvalue weighted by atomic mass is 10.2. The average Bonchev–Trinajstić information content (AvgIpc) is 2.53. The third-order valence-corrected chi connectivity index (χ3v) is 6.24. The van der Waals surface area contributed by atoms with Crippen molar-refractivity contribution in [3.05, 3.63) is 47.5 Å². The Hall–Kier alpha value is -1.46. The summed E-state index contributed by atoms with van der Waals surface area (Å²) in [7, 11) is 3.11. The van der Waals surface area contributed by atoms with Gasteiger partial charge in [0.05, 0.1) is 18.8 Å². The molecular weight excluding hydrogens is 304 g/mol. The Morgan fingerprint density at radius 2 is 1.95 bits per heavy atom. The number of benzene rings is 2. The molecule has 0 bridgehead atoms. The minimum Gasteiger partial charge on any atom is -0.504 e. The summed E-state index contributed by atoms with van der Waals surface area (Å²) < 4.78 is 10.7. The minimum absolute atomic E-state index is 0.118. The topological polar surface area (TPSA) is 38.7 Å². The van der Waals surface area contributed by atoms with Crippen LogP contribution in [0.25, 0.3) is 0 Å². The second-order valence-electron chi connectivity index (χ2n) is 4.64.